The summed E-state index contributed by atoms with van der Waals surface area (Å²) in [4.78, 5) is 24.8. The van der Waals surface area contributed by atoms with E-state index >= 15 is 0 Å². The zero-order chi connectivity index (χ0) is 26.7. The minimum absolute atomic E-state index is 0.0732. The summed E-state index contributed by atoms with van der Waals surface area (Å²) in [7, 11) is 0. The predicted octanol–water partition coefficient (Wildman–Crippen LogP) is 4.99. The summed E-state index contributed by atoms with van der Waals surface area (Å²) in [5.41, 5.74) is 3.05. The largest absolute Gasteiger partial charge is 0.396 e. The summed E-state index contributed by atoms with van der Waals surface area (Å²) in [6, 6.07) is 31.4. The van der Waals surface area contributed by atoms with Crippen LogP contribution >= 0.6 is 11.8 Å². The molecule has 0 fully saturated rings. The number of rotatable bonds is 13. The van der Waals surface area contributed by atoms with Gasteiger partial charge in [0.05, 0.1) is 4.75 Å². The summed E-state index contributed by atoms with van der Waals surface area (Å²) in [6.07, 6.45) is 0.212. The second-order valence-electron chi connectivity index (χ2n) is 9.89. The van der Waals surface area contributed by atoms with Crippen LogP contribution in [0.1, 0.15) is 43.9 Å². The average Bonchev–Trinajstić information content (AvgIpc) is 2.94. The Morgan fingerprint density at radius 1 is 0.784 bits per heavy atom. The number of carbonyl (C=O) groups is 2. The molecule has 0 aliphatic carbocycles. The third kappa shape index (κ3) is 7.24. The fraction of sp³-hybridized carbons (Fsp3) is 0.355. The second-order valence-corrected chi connectivity index (χ2v) is 11.2. The molecule has 0 heterocycles. The van der Waals surface area contributed by atoms with Crippen LogP contribution in [0, 0.1) is 11.3 Å². The van der Waals surface area contributed by atoms with Gasteiger partial charge in [0.1, 0.15) is 0 Å². The molecule has 0 saturated heterocycles. The number of aliphatic hydroxyl groups is 1. The van der Waals surface area contributed by atoms with Gasteiger partial charge in [-0.25, -0.2) is 0 Å². The van der Waals surface area contributed by atoms with Crippen LogP contribution in [0.15, 0.2) is 91.0 Å². The average molecular weight is 519 g/mol. The summed E-state index contributed by atoms with van der Waals surface area (Å²) in [6.45, 7) is 6.20. The van der Waals surface area contributed by atoms with Crippen molar-refractivity contribution in [2.45, 2.75) is 31.9 Å². The normalized spacial score (nSPS) is 12.5. The van der Waals surface area contributed by atoms with Gasteiger partial charge >= 0.3 is 0 Å². The molecular formula is C31H38N2O3S. The lowest BCUT2D eigenvalue weighted by Gasteiger charge is -2.35. The molecule has 1 atom stereocenters. The van der Waals surface area contributed by atoms with Gasteiger partial charge in [0.15, 0.2) is 0 Å². The van der Waals surface area contributed by atoms with E-state index in [-0.39, 0.29) is 37.3 Å². The minimum Gasteiger partial charge on any atom is -0.396 e. The summed E-state index contributed by atoms with van der Waals surface area (Å²) in [5.74, 6) is 0.109. The number of benzene rings is 3. The highest BCUT2D eigenvalue weighted by Gasteiger charge is 2.36. The maximum atomic E-state index is 12.5. The van der Waals surface area contributed by atoms with Gasteiger partial charge in [0.2, 0.25) is 11.8 Å². The standard InChI is InChI=1S/C31H38N2O3S/c1-24(30(2,3)23-34)29(36)33-20-19-28(35)32-21-22-37-31(25-13-7-4-8-14-25,26-15-9-5-10-16-26)27-17-11-6-12-18-27/h4-18,24,34H,19-23H2,1-3H3,(H,32,35)(H,33,36)/t24-/m0/s1. The Labute approximate surface area is 225 Å². The van der Waals surface area contributed by atoms with Crippen LogP contribution in [0.4, 0.5) is 0 Å². The molecule has 0 aromatic heterocycles. The number of nitrogens with one attached hydrogen (secondary N) is 2. The zero-order valence-electron chi connectivity index (χ0n) is 21.9. The van der Waals surface area contributed by atoms with E-state index < -0.39 is 10.2 Å². The number of amides is 2. The Balaban J connectivity index is 1.64. The van der Waals surface area contributed by atoms with E-state index in [0.717, 1.165) is 0 Å². The molecule has 3 N–H and O–H groups in total. The third-order valence-electron chi connectivity index (χ3n) is 6.91. The van der Waals surface area contributed by atoms with Crippen LogP contribution in [0.2, 0.25) is 0 Å². The Kier molecular flexibility index (Phi) is 10.4. The minimum atomic E-state index is -0.508. The molecule has 6 heteroatoms. The van der Waals surface area contributed by atoms with Crippen LogP contribution < -0.4 is 10.6 Å². The first-order valence-corrected chi connectivity index (χ1v) is 13.8. The van der Waals surface area contributed by atoms with Crippen molar-refractivity contribution >= 4 is 23.6 Å². The Morgan fingerprint density at radius 2 is 1.24 bits per heavy atom. The van der Waals surface area contributed by atoms with Gasteiger partial charge in [-0.15, -0.1) is 11.8 Å². The second kappa shape index (κ2) is 13.5. The molecule has 0 aliphatic heterocycles. The van der Waals surface area contributed by atoms with Gasteiger partial charge in [-0.3, -0.25) is 9.59 Å². The first-order valence-electron chi connectivity index (χ1n) is 12.8. The van der Waals surface area contributed by atoms with E-state index in [1.54, 1.807) is 18.7 Å². The van der Waals surface area contributed by atoms with Crippen molar-refractivity contribution in [3.8, 4) is 0 Å². The maximum Gasteiger partial charge on any atom is 0.223 e. The molecule has 2 amide bonds. The summed E-state index contributed by atoms with van der Waals surface area (Å²) in [5, 5.41) is 15.3. The SMILES string of the molecule is C[C@@H](C(=O)NCCC(=O)NCCSC(c1ccccc1)(c1ccccc1)c1ccccc1)C(C)(C)CO. The fourth-order valence-corrected chi connectivity index (χ4v) is 5.61. The summed E-state index contributed by atoms with van der Waals surface area (Å²) >= 11 is 1.80. The van der Waals surface area contributed by atoms with E-state index in [2.05, 4.69) is 83.4 Å². The number of hydrogen-bond acceptors (Lipinski definition) is 4. The van der Waals surface area contributed by atoms with Crippen LogP contribution in [-0.4, -0.2) is 42.4 Å². The quantitative estimate of drug-likeness (QED) is 0.220. The number of aliphatic hydroxyl groups excluding tert-OH is 1. The van der Waals surface area contributed by atoms with Crippen LogP contribution in [0.5, 0.6) is 0 Å². The van der Waals surface area contributed by atoms with Gasteiger partial charge in [0, 0.05) is 37.8 Å². The number of carbonyl (C=O) groups excluding carboxylic acids is 2. The van der Waals surface area contributed by atoms with E-state index in [0.29, 0.717) is 12.3 Å². The van der Waals surface area contributed by atoms with Gasteiger partial charge in [-0.1, -0.05) is 112 Å². The van der Waals surface area contributed by atoms with Crippen molar-refractivity contribution in [3.63, 3.8) is 0 Å². The van der Waals surface area contributed by atoms with Gasteiger partial charge in [0.25, 0.3) is 0 Å². The Morgan fingerprint density at radius 3 is 1.68 bits per heavy atom. The van der Waals surface area contributed by atoms with E-state index in [9.17, 15) is 14.7 Å². The van der Waals surface area contributed by atoms with E-state index in [1.165, 1.54) is 16.7 Å². The Hall–Kier alpha value is -3.09. The molecule has 0 saturated carbocycles. The van der Waals surface area contributed by atoms with Crippen molar-refractivity contribution in [2.75, 3.05) is 25.4 Å². The monoisotopic (exact) mass is 518 g/mol. The van der Waals surface area contributed by atoms with Gasteiger partial charge in [-0.2, -0.15) is 0 Å². The number of thioether (sulfide) groups is 1. The van der Waals surface area contributed by atoms with Gasteiger partial charge in [-0.05, 0) is 22.1 Å². The van der Waals surface area contributed by atoms with Crippen molar-refractivity contribution in [3.05, 3.63) is 108 Å². The highest BCUT2D eigenvalue weighted by molar-refractivity contribution is 8.00. The molecule has 37 heavy (non-hydrogen) atoms. The lowest BCUT2D eigenvalue weighted by atomic mass is 9.80. The molecule has 0 radical (unpaired) electrons. The summed E-state index contributed by atoms with van der Waals surface area (Å²) < 4.78 is -0.419. The highest BCUT2D eigenvalue weighted by atomic mass is 32.2. The molecule has 3 aromatic carbocycles. The molecule has 5 nitrogen and oxygen atoms in total. The van der Waals surface area contributed by atoms with Crippen molar-refractivity contribution in [1.82, 2.24) is 10.6 Å². The predicted molar refractivity (Wildman–Crippen MR) is 152 cm³/mol. The molecule has 0 unspecified atom stereocenters. The molecule has 3 rings (SSSR count). The van der Waals surface area contributed by atoms with Crippen LogP contribution in [0.3, 0.4) is 0 Å². The third-order valence-corrected chi connectivity index (χ3v) is 8.46. The molecular weight excluding hydrogens is 480 g/mol. The maximum absolute atomic E-state index is 12.5. The van der Waals surface area contributed by atoms with Crippen molar-refractivity contribution < 1.29 is 14.7 Å². The van der Waals surface area contributed by atoms with E-state index in [1.807, 2.05) is 32.0 Å². The molecule has 0 bridgehead atoms. The highest BCUT2D eigenvalue weighted by Crippen LogP contribution is 2.48. The molecule has 196 valence electrons. The first-order chi connectivity index (χ1) is 17.8. The molecule has 0 aliphatic rings. The van der Waals surface area contributed by atoms with E-state index in [4.69, 9.17) is 0 Å². The molecule has 0 spiro atoms. The van der Waals surface area contributed by atoms with Crippen LogP contribution in [0.25, 0.3) is 0 Å². The fourth-order valence-electron chi connectivity index (χ4n) is 4.20. The number of hydrogen-bond donors (Lipinski definition) is 3. The van der Waals surface area contributed by atoms with Crippen molar-refractivity contribution in [1.29, 1.82) is 0 Å². The van der Waals surface area contributed by atoms with Gasteiger partial charge < -0.3 is 15.7 Å². The lowest BCUT2D eigenvalue weighted by Crippen LogP contribution is -2.40. The lowest BCUT2D eigenvalue weighted by molar-refractivity contribution is -0.129. The topological polar surface area (TPSA) is 78.4 Å². The first kappa shape index (κ1) is 28.5. The van der Waals surface area contributed by atoms with Crippen LogP contribution in [-0.2, 0) is 14.3 Å². The van der Waals surface area contributed by atoms with Crippen molar-refractivity contribution in [2.24, 2.45) is 11.3 Å². The molecule has 3 aromatic rings. The smallest absolute Gasteiger partial charge is 0.223 e. The zero-order valence-corrected chi connectivity index (χ0v) is 22.8. The Bertz CT molecular complexity index is 1020.